The third-order valence-electron chi connectivity index (χ3n) is 4.65. The molecule has 5 heteroatoms. The first-order chi connectivity index (χ1) is 13.0. The molecule has 3 aromatic rings. The number of aromatic nitrogens is 1. The van der Waals surface area contributed by atoms with E-state index in [1.54, 1.807) is 23.3 Å². The number of carbonyl (C=O) groups is 1. The van der Waals surface area contributed by atoms with Gasteiger partial charge in [-0.05, 0) is 38.0 Å². The van der Waals surface area contributed by atoms with E-state index in [1.807, 2.05) is 61.5 Å². The van der Waals surface area contributed by atoms with Crippen LogP contribution in [0.3, 0.4) is 0 Å². The van der Waals surface area contributed by atoms with Crippen LogP contribution in [-0.2, 0) is 0 Å². The van der Waals surface area contributed by atoms with Crippen molar-refractivity contribution in [3.05, 3.63) is 76.3 Å². The molecule has 0 saturated heterocycles. The number of aliphatic hydroxyl groups is 1. The lowest BCUT2D eigenvalue weighted by Crippen LogP contribution is -2.28. The number of carbonyl (C=O) groups excluding carboxylic acids is 1. The molecule has 0 radical (unpaired) electrons. The van der Waals surface area contributed by atoms with Crippen LogP contribution < -0.4 is 0 Å². The predicted octanol–water partition coefficient (Wildman–Crippen LogP) is 4.62. The maximum absolute atomic E-state index is 12.8. The van der Waals surface area contributed by atoms with E-state index < -0.39 is 6.10 Å². The van der Waals surface area contributed by atoms with E-state index in [2.05, 4.69) is 11.9 Å². The van der Waals surface area contributed by atoms with E-state index in [4.69, 9.17) is 0 Å². The molecule has 1 atom stereocenters. The van der Waals surface area contributed by atoms with Gasteiger partial charge in [-0.3, -0.25) is 4.79 Å². The van der Waals surface area contributed by atoms with Crippen molar-refractivity contribution >= 4 is 17.2 Å². The summed E-state index contributed by atoms with van der Waals surface area (Å²) in [6.45, 7) is 4.53. The van der Waals surface area contributed by atoms with Gasteiger partial charge in [-0.2, -0.15) is 0 Å². The van der Waals surface area contributed by atoms with Crippen molar-refractivity contribution in [2.45, 2.75) is 26.4 Å². The number of hydrogen-bond acceptors (Lipinski definition) is 4. The molecule has 0 bridgehead atoms. The molecule has 1 amide bonds. The quantitative estimate of drug-likeness (QED) is 0.679. The lowest BCUT2D eigenvalue weighted by Gasteiger charge is -2.20. The average Bonchev–Trinajstić information content (AvgIpc) is 3.04. The molecule has 0 aliphatic carbocycles. The highest BCUT2D eigenvalue weighted by Gasteiger charge is 2.16. The summed E-state index contributed by atoms with van der Waals surface area (Å²) in [6, 6.07) is 17.1. The third-order valence-corrected chi connectivity index (χ3v) is 5.78. The van der Waals surface area contributed by atoms with Gasteiger partial charge in [0.05, 0.1) is 11.8 Å². The van der Waals surface area contributed by atoms with E-state index in [0.717, 1.165) is 21.8 Å². The van der Waals surface area contributed by atoms with Gasteiger partial charge in [0.1, 0.15) is 5.01 Å². The Bertz CT molecular complexity index is 902. The summed E-state index contributed by atoms with van der Waals surface area (Å²) < 4.78 is 0. The molecule has 0 fully saturated rings. The van der Waals surface area contributed by atoms with E-state index in [0.29, 0.717) is 18.5 Å². The van der Waals surface area contributed by atoms with Crippen molar-refractivity contribution in [1.29, 1.82) is 0 Å². The fraction of sp³-hybridized carbons (Fsp3) is 0.273. The van der Waals surface area contributed by atoms with Crippen molar-refractivity contribution < 1.29 is 9.90 Å². The lowest BCUT2D eigenvalue weighted by atomic mass is 10.1. The molecule has 1 aromatic heterocycles. The minimum Gasteiger partial charge on any atom is -0.388 e. The molecule has 0 spiro atoms. The van der Waals surface area contributed by atoms with Gasteiger partial charge in [-0.25, -0.2) is 4.98 Å². The summed E-state index contributed by atoms with van der Waals surface area (Å²) in [5, 5.41) is 11.2. The molecule has 0 unspecified atom stereocenters. The molecular weight excluding hydrogens is 356 g/mol. The Morgan fingerprint density at radius 2 is 1.89 bits per heavy atom. The fourth-order valence-electron chi connectivity index (χ4n) is 2.86. The lowest BCUT2D eigenvalue weighted by molar-refractivity contribution is 0.0761. The molecule has 140 valence electrons. The fourth-order valence-corrected chi connectivity index (χ4v) is 3.77. The molecule has 2 aromatic carbocycles. The molecule has 27 heavy (non-hydrogen) atoms. The van der Waals surface area contributed by atoms with Crippen LogP contribution in [0, 0.1) is 13.8 Å². The van der Waals surface area contributed by atoms with Gasteiger partial charge in [0.25, 0.3) is 5.91 Å². The van der Waals surface area contributed by atoms with Crippen LogP contribution in [0.25, 0.3) is 10.6 Å². The number of thiazole rings is 1. The first kappa shape index (κ1) is 19.3. The van der Waals surface area contributed by atoms with Gasteiger partial charge in [-0.15, -0.1) is 11.3 Å². The standard InChI is InChI=1S/C22H24N2O2S/c1-15-16(2)27-21(23-15)18-10-7-11-19(14-18)22(26)24(3)13-12-20(25)17-8-5-4-6-9-17/h4-11,14,20,25H,12-13H2,1-3H3/t20-/m1/s1. The molecule has 3 rings (SSSR count). The molecule has 4 nitrogen and oxygen atoms in total. The van der Waals surface area contributed by atoms with Gasteiger partial charge in [0.2, 0.25) is 0 Å². The second kappa shape index (κ2) is 8.46. The van der Waals surface area contributed by atoms with Crippen LogP contribution in [-0.4, -0.2) is 34.5 Å². The Labute approximate surface area is 164 Å². The van der Waals surface area contributed by atoms with Crippen LogP contribution in [0.4, 0.5) is 0 Å². The molecule has 0 saturated carbocycles. The van der Waals surface area contributed by atoms with Crippen LogP contribution >= 0.6 is 11.3 Å². The highest BCUT2D eigenvalue weighted by Crippen LogP contribution is 2.28. The van der Waals surface area contributed by atoms with Gasteiger partial charge in [0, 0.05) is 29.6 Å². The second-order valence-corrected chi connectivity index (χ2v) is 7.89. The number of nitrogens with zero attached hydrogens (tertiary/aromatic N) is 2. The molecule has 0 aliphatic heterocycles. The van der Waals surface area contributed by atoms with Crippen molar-refractivity contribution in [2.75, 3.05) is 13.6 Å². The van der Waals surface area contributed by atoms with Crippen molar-refractivity contribution in [1.82, 2.24) is 9.88 Å². The summed E-state index contributed by atoms with van der Waals surface area (Å²) in [5.41, 5.74) is 3.49. The monoisotopic (exact) mass is 380 g/mol. The number of rotatable bonds is 6. The molecular formula is C22H24N2O2S. The Balaban J connectivity index is 1.67. The minimum absolute atomic E-state index is 0.0536. The number of aliphatic hydroxyl groups excluding tert-OH is 1. The maximum Gasteiger partial charge on any atom is 0.253 e. The van der Waals surface area contributed by atoms with Crippen LogP contribution in [0.2, 0.25) is 0 Å². The molecule has 1 N–H and O–H groups in total. The summed E-state index contributed by atoms with van der Waals surface area (Å²) in [4.78, 5) is 20.2. The highest BCUT2D eigenvalue weighted by atomic mass is 32.1. The van der Waals surface area contributed by atoms with Gasteiger partial charge >= 0.3 is 0 Å². The molecule has 0 aliphatic rings. The van der Waals surface area contributed by atoms with Crippen LogP contribution in [0.1, 0.15) is 39.0 Å². The normalized spacial score (nSPS) is 12.0. The zero-order valence-electron chi connectivity index (χ0n) is 15.8. The Morgan fingerprint density at radius 3 is 2.56 bits per heavy atom. The van der Waals surface area contributed by atoms with Gasteiger partial charge in [0.15, 0.2) is 0 Å². The van der Waals surface area contributed by atoms with Crippen LogP contribution in [0.5, 0.6) is 0 Å². The van der Waals surface area contributed by atoms with E-state index in [9.17, 15) is 9.90 Å². The largest absolute Gasteiger partial charge is 0.388 e. The summed E-state index contributed by atoms with van der Waals surface area (Å²) in [5.74, 6) is -0.0536. The second-order valence-electron chi connectivity index (χ2n) is 6.68. The smallest absolute Gasteiger partial charge is 0.253 e. The highest BCUT2D eigenvalue weighted by molar-refractivity contribution is 7.15. The Morgan fingerprint density at radius 1 is 1.15 bits per heavy atom. The summed E-state index contributed by atoms with van der Waals surface area (Å²) in [6.07, 6.45) is -0.0781. The van der Waals surface area contributed by atoms with Gasteiger partial charge < -0.3 is 10.0 Å². The first-order valence-corrected chi connectivity index (χ1v) is 9.80. The minimum atomic E-state index is -0.575. The SMILES string of the molecule is Cc1nc(-c2cccc(C(=O)N(C)CC[C@@H](O)c3ccccc3)c2)sc1C. The van der Waals surface area contributed by atoms with E-state index in [1.165, 1.54) is 4.88 Å². The Hall–Kier alpha value is -2.50. The number of aryl methyl sites for hydroxylation is 2. The van der Waals surface area contributed by atoms with Gasteiger partial charge in [-0.1, -0.05) is 42.5 Å². The number of amides is 1. The van der Waals surface area contributed by atoms with Crippen molar-refractivity contribution in [2.24, 2.45) is 0 Å². The topological polar surface area (TPSA) is 53.4 Å². The van der Waals surface area contributed by atoms with E-state index >= 15 is 0 Å². The zero-order chi connectivity index (χ0) is 19.4. The molecule has 1 heterocycles. The number of hydrogen-bond donors (Lipinski definition) is 1. The first-order valence-electron chi connectivity index (χ1n) is 8.98. The average molecular weight is 381 g/mol. The van der Waals surface area contributed by atoms with Crippen molar-refractivity contribution in [3.63, 3.8) is 0 Å². The maximum atomic E-state index is 12.8. The van der Waals surface area contributed by atoms with Crippen molar-refractivity contribution in [3.8, 4) is 10.6 Å². The number of benzene rings is 2. The summed E-state index contributed by atoms with van der Waals surface area (Å²) >= 11 is 1.64. The summed E-state index contributed by atoms with van der Waals surface area (Å²) in [7, 11) is 1.77. The predicted molar refractivity (Wildman–Crippen MR) is 110 cm³/mol. The third kappa shape index (κ3) is 4.62. The van der Waals surface area contributed by atoms with Crippen LogP contribution in [0.15, 0.2) is 54.6 Å². The zero-order valence-corrected chi connectivity index (χ0v) is 16.7. The van der Waals surface area contributed by atoms with E-state index in [-0.39, 0.29) is 5.91 Å². The Kier molecular flexibility index (Phi) is 6.04.